The van der Waals surface area contributed by atoms with Crippen molar-refractivity contribution < 1.29 is 14.7 Å². The largest absolute Gasteiger partial charge is 0.480 e. The quantitative estimate of drug-likeness (QED) is 0.741. The molecule has 0 saturated carbocycles. The summed E-state index contributed by atoms with van der Waals surface area (Å²) in [5.41, 5.74) is 2.22. The van der Waals surface area contributed by atoms with Gasteiger partial charge in [0.1, 0.15) is 6.04 Å². The number of hydrogen-bond donors (Lipinski definition) is 3. The number of rotatable bonds is 5. The third-order valence-corrected chi connectivity index (χ3v) is 2.60. The van der Waals surface area contributed by atoms with Crippen LogP contribution in [0, 0.1) is 0 Å². The highest BCUT2D eigenvalue weighted by atomic mass is 16.4. The van der Waals surface area contributed by atoms with Crippen LogP contribution in [0.4, 0.5) is 4.79 Å². The van der Waals surface area contributed by atoms with Crippen molar-refractivity contribution in [2.45, 2.75) is 32.9 Å². The Balaban J connectivity index is 2.40. The average Bonchev–Trinajstić information content (AvgIpc) is 2.36. The third-order valence-electron chi connectivity index (χ3n) is 2.60. The van der Waals surface area contributed by atoms with E-state index in [0.717, 1.165) is 12.0 Å². The maximum Gasteiger partial charge on any atom is 0.325 e. The van der Waals surface area contributed by atoms with E-state index in [9.17, 15) is 9.59 Å². The SMILES string of the molecule is CCc1ccc(CNC(=O)N[C@@H](C)C(=O)O)cc1. The van der Waals surface area contributed by atoms with E-state index in [1.54, 1.807) is 0 Å². The van der Waals surface area contributed by atoms with Crippen LogP contribution in [0.5, 0.6) is 0 Å². The summed E-state index contributed by atoms with van der Waals surface area (Å²) in [5, 5.41) is 13.6. The second-order valence-corrected chi connectivity index (χ2v) is 4.06. The summed E-state index contributed by atoms with van der Waals surface area (Å²) in [7, 11) is 0. The van der Waals surface area contributed by atoms with Crippen LogP contribution in [-0.2, 0) is 17.8 Å². The van der Waals surface area contributed by atoms with Gasteiger partial charge < -0.3 is 15.7 Å². The van der Waals surface area contributed by atoms with Gasteiger partial charge in [-0.3, -0.25) is 4.79 Å². The molecular weight excluding hydrogens is 232 g/mol. The molecule has 0 spiro atoms. The summed E-state index contributed by atoms with van der Waals surface area (Å²) in [4.78, 5) is 21.9. The number of carbonyl (C=O) groups excluding carboxylic acids is 1. The number of amides is 2. The fraction of sp³-hybridized carbons (Fsp3) is 0.385. The molecule has 5 heteroatoms. The molecule has 0 aromatic heterocycles. The lowest BCUT2D eigenvalue weighted by molar-refractivity contribution is -0.138. The van der Waals surface area contributed by atoms with Crippen molar-refractivity contribution in [1.82, 2.24) is 10.6 Å². The summed E-state index contributed by atoms with van der Waals surface area (Å²) in [6.45, 7) is 3.87. The molecule has 5 nitrogen and oxygen atoms in total. The van der Waals surface area contributed by atoms with Crippen LogP contribution in [0.3, 0.4) is 0 Å². The van der Waals surface area contributed by atoms with Gasteiger partial charge >= 0.3 is 12.0 Å². The lowest BCUT2D eigenvalue weighted by Gasteiger charge is -2.10. The summed E-state index contributed by atoms with van der Waals surface area (Å²) < 4.78 is 0. The first-order valence-electron chi connectivity index (χ1n) is 5.88. The zero-order chi connectivity index (χ0) is 13.5. The van der Waals surface area contributed by atoms with E-state index >= 15 is 0 Å². The molecule has 0 saturated heterocycles. The number of carbonyl (C=O) groups is 2. The number of carboxylic acids is 1. The van der Waals surface area contributed by atoms with E-state index < -0.39 is 18.0 Å². The second kappa shape index (κ2) is 6.64. The van der Waals surface area contributed by atoms with Crippen LogP contribution < -0.4 is 10.6 Å². The molecule has 1 atom stereocenters. The molecule has 1 aromatic carbocycles. The molecule has 0 aliphatic rings. The smallest absolute Gasteiger partial charge is 0.325 e. The summed E-state index contributed by atoms with van der Waals surface area (Å²) in [6, 6.07) is 6.53. The van der Waals surface area contributed by atoms with Crippen molar-refractivity contribution >= 4 is 12.0 Å². The molecule has 0 aliphatic heterocycles. The number of aliphatic carboxylic acids is 1. The monoisotopic (exact) mass is 250 g/mol. The molecule has 2 amide bonds. The van der Waals surface area contributed by atoms with Gasteiger partial charge in [-0.1, -0.05) is 31.2 Å². The van der Waals surface area contributed by atoms with Crippen molar-refractivity contribution in [1.29, 1.82) is 0 Å². The standard InChI is InChI=1S/C13H18N2O3/c1-3-10-4-6-11(7-5-10)8-14-13(18)15-9(2)12(16)17/h4-7,9H,3,8H2,1-2H3,(H,16,17)(H2,14,15,18)/t9-/m0/s1. The molecule has 0 bridgehead atoms. The molecule has 1 aromatic rings. The number of urea groups is 1. The predicted octanol–water partition coefficient (Wildman–Crippen LogP) is 1.52. The molecule has 0 radical (unpaired) electrons. The first-order valence-corrected chi connectivity index (χ1v) is 5.88. The first kappa shape index (κ1) is 14.0. The number of benzene rings is 1. The summed E-state index contributed by atoms with van der Waals surface area (Å²) >= 11 is 0. The van der Waals surface area contributed by atoms with Crippen molar-refractivity contribution in [3.05, 3.63) is 35.4 Å². The Morgan fingerprint density at radius 1 is 1.22 bits per heavy atom. The van der Waals surface area contributed by atoms with E-state index in [4.69, 9.17) is 5.11 Å². The van der Waals surface area contributed by atoms with Crippen LogP contribution >= 0.6 is 0 Å². The van der Waals surface area contributed by atoms with Gasteiger partial charge in [-0.05, 0) is 24.5 Å². The molecule has 0 aliphatic carbocycles. The fourth-order valence-electron chi connectivity index (χ4n) is 1.38. The molecule has 0 heterocycles. The Morgan fingerprint density at radius 2 is 1.78 bits per heavy atom. The molecule has 18 heavy (non-hydrogen) atoms. The van der Waals surface area contributed by atoms with Gasteiger partial charge in [0.25, 0.3) is 0 Å². The molecule has 3 N–H and O–H groups in total. The van der Waals surface area contributed by atoms with Crippen LogP contribution in [0.1, 0.15) is 25.0 Å². The average molecular weight is 250 g/mol. The van der Waals surface area contributed by atoms with Gasteiger partial charge in [0.2, 0.25) is 0 Å². The predicted molar refractivity (Wildman–Crippen MR) is 68.3 cm³/mol. The van der Waals surface area contributed by atoms with Crippen LogP contribution in [-0.4, -0.2) is 23.1 Å². The summed E-state index contributed by atoms with van der Waals surface area (Å²) in [6.07, 6.45) is 0.977. The fourth-order valence-corrected chi connectivity index (χ4v) is 1.38. The highest BCUT2D eigenvalue weighted by Gasteiger charge is 2.12. The van der Waals surface area contributed by atoms with Gasteiger partial charge in [-0.15, -0.1) is 0 Å². The Labute approximate surface area is 106 Å². The topological polar surface area (TPSA) is 78.4 Å². The molecule has 98 valence electrons. The van der Waals surface area contributed by atoms with Gasteiger partial charge in [0.05, 0.1) is 0 Å². The van der Waals surface area contributed by atoms with Gasteiger partial charge in [-0.25, -0.2) is 4.79 Å². The molecule has 0 unspecified atom stereocenters. The number of hydrogen-bond acceptors (Lipinski definition) is 2. The Morgan fingerprint density at radius 3 is 2.28 bits per heavy atom. The highest BCUT2D eigenvalue weighted by molar-refractivity contribution is 5.82. The van der Waals surface area contributed by atoms with Gasteiger partial charge in [-0.2, -0.15) is 0 Å². The van der Waals surface area contributed by atoms with E-state index in [1.165, 1.54) is 12.5 Å². The number of carboxylic acid groups (broad SMARTS) is 1. The van der Waals surface area contributed by atoms with Gasteiger partial charge in [0, 0.05) is 6.54 Å². The zero-order valence-electron chi connectivity index (χ0n) is 10.6. The highest BCUT2D eigenvalue weighted by Crippen LogP contribution is 2.04. The van der Waals surface area contributed by atoms with Crippen LogP contribution in [0.15, 0.2) is 24.3 Å². The van der Waals surface area contributed by atoms with Crippen LogP contribution in [0.2, 0.25) is 0 Å². The minimum atomic E-state index is -1.06. The van der Waals surface area contributed by atoms with Crippen LogP contribution in [0.25, 0.3) is 0 Å². The number of aryl methyl sites for hydroxylation is 1. The minimum Gasteiger partial charge on any atom is -0.480 e. The summed E-state index contributed by atoms with van der Waals surface area (Å²) in [5.74, 6) is -1.06. The molecule has 1 rings (SSSR count). The van der Waals surface area contributed by atoms with E-state index in [0.29, 0.717) is 6.54 Å². The molecular formula is C13H18N2O3. The Bertz CT molecular complexity index is 415. The van der Waals surface area contributed by atoms with Crippen molar-refractivity contribution in [2.75, 3.05) is 0 Å². The Kier molecular flexibility index (Phi) is 5.17. The van der Waals surface area contributed by atoms with E-state index in [1.807, 2.05) is 24.3 Å². The van der Waals surface area contributed by atoms with Gasteiger partial charge in [0.15, 0.2) is 0 Å². The maximum absolute atomic E-state index is 11.4. The second-order valence-electron chi connectivity index (χ2n) is 4.06. The van der Waals surface area contributed by atoms with Crippen molar-refractivity contribution in [3.8, 4) is 0 Å². The normalized spacial score (nSPS) is 11.7. The Hall–Kier alpha value is -2.04. The lowest BCUT2D eigenvalue weighted by Crippen LogP contribution is -2.44. The first-order chi connectivity index (χ1) is 8.52. The zero-order valence-corrected chi connectivity index (χ0v) is 10.6. The lowest BCUT2D eigenvalue weighted by atomic mass is 10.1. The number of nitrogens with one attached hydrogen (secondary N) is 2. The molecule has 0 fully saturated rings. The van der Waals surface area contributed by atoms with Crippen molar-refractivity contribution in [3.63, 3.8) is 0 Å². The minimum absolute atomic E-state index is 0.377. The van der Waals surface area contributed by atoms with E-state index in [-0.39, 0.29) is 0 Å². The van der Waals surface area contributed by atoms with Crippen molar-refractivity contribution in [2.24, 2.45) is 0 Å². The van der Waals surface area contributed by atoms with E-state index in [2.05, 4.69) is 17.6 Å². The maximum atomic E-state index is 11.4. The third kappa shape index (κ3) is 4.45.